The lowest BCUT2D eigenvalue weighted by Crippen LogP contribution is -2.60. The number of aryl methyl sites for hydroxylation is 4. The van der Waals surface area contributed by atoms with E-state index in [1.807, 2.05) is 0 Å². The smallest absolute Gasteiger partial charge is 0.264 e. The Morgan fingerprint density at radius 2 is 1.03 bits per heavy atom. The van der Waals surface area contributed by atoms with Gasteiger partial charge in [0.1, 0.15) is 0 Å². The molecule has 71 heavy (non-hydrogen) atoms. The van der Waals surface area contributed by atoms with Crippen LogP contribution in [0.5, 0.6) is 0 Å². The van der Waals surface area contributed by atoms with Crippen molar-refractivity contribution in [3.05, 3.63) is 244 Å². The Labute approximate surface area is 422 Å². The number of nitrogens with zero attached hydrogens (tertiary/aromatic N) is 2. The van der Waals surface area contributed by atoms with Crippen LogP contribution in [0.4, 0.5) is 34.1 Å². The van der Waals surface area contributed by atoms with Crippen molar-refractivity contribution >= 4 is 67.9 Å². The monoisotopic (exact) mass is 928 g/mol. The standard InChI is InChI=1S/C67H53BN2S/c1-40-21-28-47(29-22-40)69-58-38-45(53-39-46(66(5,6)7)27-33-49(53)44-15-9-8-10-16-44)26-34-57(58)68-62-59(69)36-43(4)37-60(62)70(48-30-23-41(2)24-31-48)63-61-52-32-25-42(3)35-56(52)67(64(61)71-65(63)68)54-19-13-11-17-50(54)51-18-12-14-20-55(51)67/h8-39H,1-7H3. The van der Waals surface area contributed by atoms with E-state index in [0.29, 0.717) is 0 Å². The van der Waals surface area contributed by atoms with Gasteiger partial charge in [-0.2, -0.15) is 0 Å². The Balaban J connectivity index is 1.11. The molecule has 2 nitrogen and oxygen atoms in total. The number of thiophene rings is 1. The number of hydrogen-bond donors (Lipinski definition) is 0. The Morgan fingerprint density at radius 3 is 1.69 bits per heavy atom. The van der Waals surface area contributed by atoms with Crippen molar-refractivity contribution in [2.24, 2.45) is 0 Å². The van der Waals surface area contributed by atoms with Crippen LogP contribution in [-0.4, -0.2) is 6.71 Å². The predicted molar refractivity (Wildman–Crippen MR) is 303 cm³/mol. The Kier molecular flexibility index (Phi) is 9.03. The summed E-state index contributed by atoms with van der Waals surface area (Å²) in [6, 6.07) is 74.6. The molecule has 0 saturated heterocycles. The minimum Gasteiger partial charge on any atom is -0.311 e. The zero-order valence-corrected chi connectivity index (χ0v) is 42.2. The fraction of sp³-hybridized carbons (Fsp3) is 0.134. The van der Waals surface area contributed by atoms with Crippen LogP contribution in [0.3, 0.4) is 0 Å². The van der Waals surface area contributed by atoms with Crippen LogP contribution in [-0.2, 0) is 10.8 Å². The van der Waals surface area contributed by atoms with Crippen molar-refractivity contribution in [2.45, 2.75) is 59.3 Å². The second-order valence-corrected chi connectivity index (χ2v) is 22.6. The van der Waals surface area contributed by atoms with Gasteiger partial charge in [-0.05, 0) is 153 Å². The molecule has 0 atom stereocenters. The molecule has 10 aromatic rings. The highest BCUT2D eigenvalue weighted by molar-refractivity contribution is 7.30. The molecule has 4 aliphatic rings. The minimum atomic E-state index is -0.461. The van der Waals surface area contributed by atoms with Crippen molar-refractivity contribution < 1.29 is 0 Å². The van der Waals surface area contributed by atoms with Crippen LogP contribution in [0.2, 0.25) is 0 Å². The fourth-order valence-electron chi connectivity index (χ4n) is 12.8. The van der Waals surface area contributed by atoms with E-state index in [2.05, 4.69) is 264 Å². The van der Waals surface area contributed by atoms with E-state index in [4.69, 9.17) is 0 Å². The maximum absolute atomic E-state index is 2.65. The topological polar surface area (TPSA) is 6.48 Å². The van der Waals surface area contributed by atoms with Gasteiger partial charge in [0, 0.05) is 43.7 Å². The van der Waals surface area contributed by atoms with E-state index in [1.165, 1.54) is 138 Å². The van der Waals surface area contributed by atoms with Crippen LogP contribution in [0.1, 0.15) is 70.2 Å². The molecule has 3 heterocycles. The number of hydrogen-bond acceptors (Lipinski definition) is 3. The molecule has 0 N–H and O–H groups in total. The Bertz CT molecular complexity index is 3810. The van der Waals surface area contributed by atoms with Gasteiger partial charge in [0.25, 0.3) is 6.71 Å². The summed E-state index contributed by atoms with van der Waals surface area (Å²) in [5.74, 6) is 0. The maximum Gasteiger partial charge on any atom is 0.264 e. The van der Waals surface area contributed by atoms with Gasteiger partial charge in [-0.1, -0.05) is 189 Å². The van der Waals surface area contributed by atoms with E-state index in [0.717, 1.165) is 5.69 Å². The molecule has 340 valence electrons. The molecule has 0 saturated carbocycles. The van der Waals surface area contributed by atoms with Gasteiger partial charge in [-0.3, -0.25) is 0 Å². The second-order valence-electron chi connectivity index (χ2n) is 21.6. The molecule has 2 aliphatic carbocycles. The van der Waals surface area contributed by atoms with Crippen molar-refractivity contribution in [1.29, 1.82) is 0 Å². The highest BCUT2D eigenvalue weighted by Crippen LogP contribution is 2.67. The van der Waals surface area contributed by atoms with Gasteiger partial charge in [-0.15, -0.1) is 11.3 Å². The minimum absolute atomic E-state index is 0.0185. The first-order valence-corrected chi connectivity index (χ1v) is 26.0. The quantitative estimate of drug-likeness (QED) is 0.162. The summed E-state index contributed by atoms with van der Waals surface area (Å²) in [5.41, 5.74) is 30.4. The van der Waals surface area contributed by atoms with E-state index < -0.39 is 5.41 Å². The molecule has 2 aliphatic heterocycles. The van der Waals surface area contributed by atoms with E-state index >= 15 is 0 Å². The van der Waals surface area contributed by atoms with Crippen molar-refractivity contribution in [2.75, 3.05) is 9.80 Å². The summed E-state index contributed by atoms with van der Waals surface area (Å²) in [5, 5.41) is 0. The molecule has 0 bridgehead atoms. The second kappa shape index (κ2) is 15.2. The molecule has 0 unspecified atom stereocenters. The molecule has 0 amide bonds. The normalized spacial score (nSPS) is 14.2. The maximum atomic E-state index is 2.65. The SMILES string of the molecule is Cc1ccc(N2c3cc(-c4cc(C(C)(C)C)ccc4-c4ccccc4)ccc3B3c4sc5c(c4N(c4ccc(C)cc4)c4cc(C)cc2c43)-c2ccc(C)cc2C52c3ccccc3-c3ccccc32)cc1. The molecular weight excluding hydrogens is 876 g/mol. The summed E-state index contributed by atoms with van der Waals surface area (Å²) in [6.07, 6.45) is 0. The molecule has 4 heteroatoms. The lowest BCUT2D eigenvalue weighted by Gasteiger charge is -2.44. The van der Waals surface area contributed by atoms with Gasteiger partial charge < -0.3 is 9.80 Å². The summed E-state index contributed by atoms with van der Waals surface area (Å²) in [4.78, 5) is 6.66. The predicted octanol–water partition coefficient (Wildman–Crippen LogP) is 16.0. The summed E-state index contributed by atoms with van der Waals surface area (Å²) < 4.78 is 1.40. The summed E-state index contributed by atoms with van der Waals surface area (Å²) >= 11 is 2.06. The van der Waals surface area contributed by atoms with E-state index in [-0.39, 0.29) is 12.1 Å². The van der Waals surface area contributed by atoms with Crippen LogP contribution < -0.4 is 25.5 Å². The lowest BCUT2D eigenvalue weighted by molar-refractivity contribution is 0.590. The van der Waals surface area contributed by atoms with Crippen LogP contribution in [0.15, 0.2) is 194 Å². The third kappa shape index (κ3) is 5.95. The molecule has 1 spiro atoms. The first-order valence-electron chi connectivity index (χ1n) is 25.2. The number of fused-ring (bicyclic) bond motifs is 15. The van der Waals surface area contributed by atoms with Gasteiger partial charge in [0.2, 0.25) is 0 Å². The van der Waals surface area contributed by atoms with Crippen molar-refractivity contribution in [1.82, 2.24) is 0 Å². The van der Waals surface area contributed by atoms with Gasteiger partial charge in [0.15, 0.2) is 0 Å². The zero-order chi connectivity index (χ0) is 48.1. The van der Waals surface area contributed by atoms with Gasteiger partial charge >= 0.3 is 0 Å². The van der Waals surface area contributed by atoms with Crippen LogP contribution >= 0.6 is 11.3 Å². The third-order valence-electron chi connectivity index (χ3n) is 16.0. The molecular formula is C67H53BN2S. The Hall–Kier alpha value is -7.66. The first-order chi connectivity index (χ1) is 34.5. The molecule has 0 fully saturated rings. The fourth-order valence-corrected chi connectivity index (χ4v) is 14.4. The van der Waals surface area contributed by atoms with Gasteiger partial charge in [0.05, 0.1) is 11.1 Å². The number of rotatable bonds is 4. The van der Waals surface area contributed by atoms with Crippen LogP contribution in [0, 0.1) is 27.7 Å². The first kappa shape index (κ1) is 42.2. The average molecular weight is 929 g/mol. The van der Waals surface area contributed by atoms with Crippen LogP contribution in [0.25, 0.3) is 44.5 Å². The van der Waals surface area contributed by atoms with Gasteiger partial charge in [-0.25, -0.2) is 0 Å². The largest absolute Gasteiger partial charge is 0.311 e. The summed E-state index contributed by atoms with van der Waals surface area (Å²) in [7, 11) is 0. The number of anilines is 6. The lowest BCUT2D eigenvalue weighted by atomic mass is 9.36. The highest BCUT2D eigenvalue weighted by atomic mass is 32.1. The molecule has 14 rings (SSSR count). The summed E-state index contributed by atoms with van der Waals surface area (Å²) in [6.45, 7) is 15.9. The van der Waals surface area contributed by atoms with Crippen molar-refractivity contribution in [3.63, 3.8) is 0 Å². The van der Waals surface area contributed by atoms with Crippen molar-refractivity contribution in [3.8, 4) is 44.5 Å². The third-order valence-corrected chi connectivity index (χ3v) is 17.4. The van der Waals surface area contributed by atoms with E-state index in [1.54, 1.807) is 0 Å². The average Bonchev–Trinajstić information content (AvgIpc) is 4.01. The van der Waals surface area contributed by atoms with E-state index in [9.17, 15) is 0 Å². The number of benzene rings is 9. The molecule has 0 radical (unpaired) electrons. The molecule has 9 aromatic carbocycles. The molecule has 1 aromatic heterocycles. The highest BCUT2D eigenvalue weighted by Gasteiger charge is 2.57. The Morgan fingerprint density at radius 1 is 0.437 bits per heavy atom. The zero-order valence-electron chi connectivity index (χ0n) is 41.4.